The lowest BCUT2D eigenvalue weighted by Gasteiger charge is -2.34. The molecule has 7 heteroatoms. The summed E-state index contributed by atoms with van der Waals surface area (Å²) in [5.74, 6) is -0.974. The van der Waals surface area contributed by atoms with Crippen molar-refractivity contribution < 1.29 is 14.7 Å². The summed E-state index contributed by atoms with van der Waals surface area (Å²) in [5.41, 5.74) is 4.94. The van der Waals surface area contributed by atoms with Crippen LogP contribution in [0.4, 0.5) is 5.69 Å². The largest absolute Gasteiger partial charge is 0.481 e. The van der Waals surface area contributed by atoms with E-state index in [-0.39, 0.29) is 6.42 Å². The molecule has 7 nitrogen and oxygen atoms in total. The molecule has 1 amide bonds. The number of para-hydroxylation sites is 1. The minimum atomic E-state index is -1.05. The zero-order valence-electron chi connectivity index (χ0n) is 10.7. The predicted molar refractivity (Wildman–Crippen MR) is 71.9 cm³/mol. The zero-order valence-corrected chi connectivity index (χ0v) is 10.7. The monoisotopic (exact) mass is 272 g/mol. The lowest BCUT2D eigenvalue weighted by molar-refractivity contribution is -0.140. The van der Waals surface area contributed by atoms with E-state index in [1.54, 1.807) is 0 Å². The molecule has 2 aliphatic heterocycles. The van der Waals surface area contributed by atoms with E-state index in [2.05, 4.69) is 15.5 Å². The molecule has 0 aromatic heterocycles. The molecule has 0 radical (unpaired) electrons. The minimum Gasteiger partial charge on any atom is -0.481 e. The third-order valence-electron chi connectivity index (χ3n) is 3.31. The van der Waals surface area contributed by atoms with Gasteiger partial charge in [-0.2, -0.15) is 5.10 Å². The van der Waals surface area contributed by atoms with E-state index < -0.39 is 17.9 Å². The minimum absolute atomic E-state index is 0.308. The molecule has 0 saturated carbocycles. The molecule has 1 aromatic carbocycles. The quantitative estimate of drug-likeness (QED) is 0.824. The second-order valence-electron chi connectivity index (χ2n) is 4.65. The fraction of sp³-hybridized carbons (Fsp3) is 0.231. The number of hydrazone groups is 1. The van der Waals surface area contributed by atoms with E-state index in [0.717, 1.165) is 16.8 Å². The van der Waals surface area contributed by atoms with Gasteiger partial charge < -0.3 is 10.0 Å². The number of benzene rings is 1. The van der Waals surface area contributed by atoms with Crippen LogP contribution in [0.5, 0.6) is 0 Å². The van der Waals surface area contributed by atoms with Gasteiger partial charge in [-0.1, -0.05) is 12.1 Å². The summed E-state index contributed by atoms with van der Waals surface area (Å²) >= 11 is 0. The number of aliphatic carboxylic acids is 1. The van der Waals surface area contributed by atoms with Gasteiger partial charge in [0.1, 0.15) is 6.04 Å². The molecule has 2 aliphatic rings. The summed E-state index contributed by atoms with van der Waals surface area (Å²) in [4.78, 5) is 28.5. The van der Waals surface area contributed by atoms with E-state index in [9.17, 15) is 9.59 Å². The highest BCUT2D eigenvalue weighted by atomic mass is 16.4. The normalized spacial score (nSPS) is 19.9. The number of fused-ring (bicyclic) bond motifs is 3. The average Bonchev–Trinajstić information content (AvgIpc) is 2.41. The average molecular weight is 272 g/mol. The van der Waals surface area contributed by atoms with Gasteiger partial charge in [0.15, 0.2) is 5.84 Å². The first-order chi connectivity index (χ1) is 9.58. The number of carboxylic acid groups (broad SMARTS) is 1. The van der Waals surface area contributed by atoms with Crippen molar-refractivity contribution in [2.45, 2.75) is 19.4 Å². The van der Waals surface area contributed by atoms with Gasteiger partial charge in [0.05, 0.1) is 18.4 Å². The highest BCUT2D eigenvalue weighted by Crippen LogP contribution is 2.30. The van der Waals surface area contributed by atoms with Crippen molar-refractivity contribution in [2.24, 2.45) is 10.1 Å². The third kappa shape index (κ3) is 1.83. The van der Waals surface area contributed by atoms with Crippen molar-refractivity contribution in [1.82, 2.24) is 10.3 Å². The zero-order chi connectivity index (χ0) is 14.3. The molecule has 102 valence electrons. The summed E-state index contributed by atoms with van der Waals surface area (Å²) in [6.07, 6.45) is 1.17. The van der Waals surface area contributed by atoms with Crippen molar-refractivity contribution in [1.29, 1.82) is 0 Å². The lowest BCUT2D eigenvalue weighted by atomic mass is 10.0. The highest BCUT2D eigenvalue weighted by molar-refractivity contribution is 6.14. The summed E-state index contributed by atoms with van der Waals surface area (Å²) in [6.45, 7) is 1.93. The van der Waals surface area contributed by atoms with E-state index in [1.165, 1.54) is 11.2 Å². The van der Waals surface area contributed by atoms with Crippen molar-refractivity contribution in [3.8, 4) is 0 Å². The molecule has 0 saturated heterocycles. The summed E-state index contributed by atoms with van der Waals surface area (Å²) in [5, 5.41) is 13.0. The molecule has 1 atom stereocenters. The molecule has 3 rings (SSSR count). The first kappa shape index (κ1) is 12.3. The molecule has 2 N–H and O–H groups in total. The summed E-state index contributed by atoms with van der Waals surface area (Å²) in [7, 11) is 0. The fourth-order valence-electron chi connectivity index (χ4n) is 2.34. The first-order valence-corrected chi connectivity index (χ1v) is 6.10. The standard InChI is InChI=1S/C13H12N4O3/c1-7-3-2-4-8-11(7)14-6-17-9(5-10(18)19)13(20)16-15-12(8)17/h2-4,6,9H,5H2,1H3,(H,16,20)(H,18,19). The number of rotatable bonds is 2. The van der Waals surface area contributed by atoms with Gasteiger partial charge in [-0.05, 0) is 18.6 Å². The topological polar surface area (TPSA) is 94.4 Å². The maximum atomic E-state index is 11.8. The van der Waals surface area contributed by atoms with Gasteiger partial charge in [0.2, 0.25) is 0 Å². The van der Waals surface area contributed by atoms with Crippen molar-refractivity contribution >= 4 is 29.7 Å². The molecular weight excluding hydrogens is 260 g/mol. The number of hydrogen-bond donors (Lipinski definition) is 2. The van der Waals surface area contributed by atoms with Gasteiger partial charge in [0.25, 0.3) is 5.91 Å². The maximum absolute atomic E-state index is 11.8. The number of hydrogen-bond acceptors (Lipinski definition) is 5. The van der Waals surface area contributed by atoms with E-state index in [1.807, 2.05) is 25.1 Å². The van der Waals surface area contributed by atoms with Crippen LogP contribution < -0.4 is 5.43 Å². The Morgan fingerprint density at radius 3 is 3.05 bits per heavy atom. The van der Waals surface area contributed by atoms with Crippen LogP contribution in [-0.4, -0.2) is 40.1 Å². The number of aliphatic imine (C=N–C) groups is 1. The van der Waals surface area contributed by atoms with Crippen LogP contribution in [0.1, 0.15) is 17.5 Å². The van der Waals surface area contributed by atoms with Crippen molar-refractivity contribution in [2.75, 3.05) is 0 Å². The smallest absolute Gasteiger partial charge is 0.306 e. The SMILES string of the molecule is Cc1cccc2c1N=CN1C2=NNC(=O)C1CC(=O)O. The molecule has 0 fully saturated rings. The number of carbonyl (C=O) groups excluding carboxylic acids is 1. The van der Waals surface area contributed by atoms with Crippen LogP contribution in [0.25, 0.3) is 0 Å². The Balaban J connectivity index is 2.07. The second-order valence-corrected chi connectivity index (χ2v) is 4.65. The Morgan fingerprint density at radius 1 is 1.50 bits per heavy atom. The Morgan fingerprint density at radius 2 is 2.30 bits per heavy atom. The van der Waals surface area contributed by atoms with Crippen LogP contribution in [0.2, 0.25) is 0 Å². The van der Waals surface area contributed by atoms with Crippen LogP contribution in [-0.2, 0) is 9.59 Å². The molecule has 1 unspecified atom stereocenters. The van der Waals surface area contributed by atoms with Gasteiger partial charge in [-0.3, -0.25) is 9.59 Å². The number of aryl methyl sites for hydroxylation is 1. The third-order valence-corrected chi connectivity index (χ3v) is 3.31. The van der Waals surface area contributed by atoms with Crippen LogP contribution in [0.3, 0.4) is 0 Å². The Bertz CT molecular complexity index is 666. The lowest BCUT2D eigenvalue weighted by Crippen LogP contribution is -2.54. The Hall–Kier alpha value is -2.70. The van der Waals surface area contributed by atoms with Crippen LogP contribution >= 0.6 is 0 Å². The number of nitrogens with zero attached hydrogens (tertiary/aromatic N) is 3. The molecule has 0 spiro atoms. The number of nitrogens with one attached hydrogen (secondary N) is 1. The first-order valence-electron chi connectivity index (χ1n) is 6.10. The van der Waals surface area contributed by atoms with Crippen molar-refractivity contribution in [3.63, 3.8) is 0 Å². The summed E-state index contributed by atoms with van der Waals surface area (Å²) in [6, 6.07) is 4.82. The maximum Gasteiger partial charge on any atom is 0.306 e. The number of amidine groups is 1. The Labute approximate surface area is 114 Å². The molecule has 0 aliphatic carbocycles. The number of carbonyl (C=O) groups is 2. The van der Waals surface area contributed by atoms with Gasteiger partial charge in [-0.25, -0.2) is 10.4 Å². The summed E-state index contributed by atoms with van der Waals surface area (Å²) < 4.78 is 0. The molecular formula is C13H12N4O3. The fourth-order valence-corrected chi connectivity index (χ4v) is 2.34. The van der Waals surface area contributed by atoms with Gasteiger partial charge >= 0.3 is 5.97 Å². The van der Waals surface area contributed by atoms with E-state index >= 15 is 0 Å². The molecule has 0 bridgehead atoms. The second kappa shape index (κ2) is 4.44. The van der Waals surface area contributed by atoms with Crippen LogP contribution in [0, 0.1) is 6.92 Å². The number of carboxylic acids is 1. The predicted octanol–water partition coefficient (Wildman–Crippen LogP) is 0.605. The van der Waals surface area contributed by atoms with Crippen LogP contribution in [0.15, 0.2) is 28.3 Å². The van der Waals surface area contributed by atoms with Gasteiger partial charge in [-0.15, -0.1) is 0 Å². The van der Waals surface area contributed by atoms with E-state index in [4.69, 9.17) is 5.11 Å². The molecule has 1 aromatic rings. The van der Waals surface area contributed by atoms with Crippen molar-refractivity contribution in [3.05, 3.63) is 29.3 Å². The van der Waals surface area contributed by atoms with Gasteiger partial charge in [0, 0.05) is 5.56 Å². The molecule has 2 heterocycles. The van der Waals surface area contributed by atoms with E-state index in [0.29, 0.717) is 5.84 Å². The molecule has 20 heavy (non-hydrogen) atoms. The Kier molecular flexibility index (Phi) is 2.74. The highest BCUT2D eigenvalue weighted by Gasteiger charge is 2.36. The number of amides is 1.